The summed E-state index contributed by atoms with van der Waals surface area (Å²) in [5, 5.41) is 0.932. The lowest BCUT2D eigenvalue weighted by Crippen LogP contribution is -2.61. The van der Waals surface area contributed by atoms with Gasteiger partial charge < -0.3 is 9.47 Å². The molecule has 6 nitrogen and oxygen atoms in total. The number of ether oxygens (including phenoxy) is 2. The van der Waals surface area contributed by atoms with Crippen LogP contribution in [0, 0.1) is 5.92 Å². The summed E-state index contributed by atoms with van der Waals surface area (Å²) in [7, 11) is 1.63. The molecule has 2 aromatic rings. The lowest BCUT2D eigenvalue weighted by atomic mass is 9.75. The number of thiophene rings is 1. The summed E-state index contributed by atoms with van der Waals surface area (Å²) in [6.45, 7) is 3.80. The van der Waals surface area contributed by atoms with Gasteiger partial charge in [0.25, 0.3) is 0 Å². The summed E-state index contributed by atoms with van der Waals surface area (Å²) in [6, 6.07) is 5.99. The van der Waals surface area contributed by atoms with E-state index >= 15 is 0 Å². The molecule has 6 heterocycles. The number of aromatic nitrogens is 1. The summed E-state index contributed by atoms with van der Waals surface area (Å²) in [6.07, 6.45) is 5.55. The van der Waals surface area contributed by atoms with E-state index in [1.165, 1.54) is 0 Å². The third-order valence-corrected chi connectivity index (χ3v) is 7.01. The van der Waals surface area contributed by atoms with E-state index < -0.39 is 0 Å². The minimum absolute atomic E-state index is 0.212. The molecular formula is C19H21N3O3S. The van der Waals surface area contributed by atoms with Gasteiger partial charge in [0.15, 0.2) is 0 Å². The van der Waals surface area contributed by atoms with E-state index in [2.05, 4.69) is 9.88 Å². The quantitative estimate of drug-likeness (QED) is 0.829. The van der Waals surface area contributed by atoms with Gasteiger partial charge in [-0.2, -0.15) is 0 Å². The van der Waals surface area contributed by atoms with Crippen LogP contribution >= 0.6 is 11.3 Å². The monoisotopic (exact) mass is 371 g/mol. The first kappa shape index (κ1) is 16.1. The first-order valence-corrected chi connectivity index (χ1v) is 9.81. The number of fused-ring (bicyclic) bond motifs is 2. The van der Waals surface area contributed by atoms with Gasteiger partial charge >= 0.3 is 6.09 Å². The highest BCUT2D eigenvalue weighted by Crippen LogP contribution is 2.45. The number of carbonyl (C=O) groups excluding carboxylic acids is 1. The maximum absolute atomic E-state index is 12.6. The third-order valence-electron chi connectivity index (χ3n) is 5.85. The standard InChI is InChI=1S/C19H21N3O3S/c1-24-15-8-13(9-20-10-15)16-2-3-17(26-16)22-12-19(25-18(22)23)11-21-6-4-14(19)5-7-21/h2-3,8-10,14H,4-7,11-12H2,1H3/t19-/m1/s1. The van der Waals surface area contributed by atoms with Crippen LogP contribution in [0.1, 0.15) is 12.8 Å². The van der Waals surface area contributed by atoms with Gasteiger partial charge in [-0.05, 0) is 44.1 Å². The van der Waals surface area contributed by atoms with Crippen LogP contribution in [-0.4, -0.2) is 54.9 Å². The Morgan fingerprint density at radius 3 is 2.85 bits per heavy atom. The molecule has 0 unspecified atom stereocenters. The van der Waals surface area contributed by atoms with Crippen molar-refractivity contribution in [3.05, 3.63) is 30.6 Å². The highest BCUT2D eigenvalue weighted by Gasteiger charge is 2.55. The number of hydrogen-bond donors (Lipinski definition) is 0. The molecule has 0 N–H and O–H groups in total. The van der Waals surface area contributed by atoms with Crippen LogP contribution in [0.4, 0.5) is 9.80 Å². The van der Waals surface area contributed by atoms with Crippen molar-refractivity contribution >= 4 is 22.4 Å². The van der Waals surface area contributed by atoms with Gasteiger partial charge in [0.05, 0.1) is 19.9 Å². The van der Waals surface area contributed by atoms with E-state index in [4.69, 9.17) is 9.47 Å². The van der Waals surface area contributed by atoms with Crippen LogP contribution in [0.3, 0.4) is 0 Å². The van der Waals surface area contributed by atoms with Crippen LogP contribution < -0.4 is 9.64 Å². The van der Waals surface area contributed by atoms with Gasteiger partial charge in [-0.3, -0.25) is 14.8 Å². The van der Waals surface area contributed by atoms with Crippen LogP contribution in [-0.2, 0) is 4.74 Å². The zero-order chi connectivity index (χ0) is 17.7. The van der Waals surface area contributed by atoms with Gasteiger partial charge in [0.2, 0.25) is 0 Å². The number of methoxy groups -OCH3 is 1. The molecule has 4 saturated heterocycles. The van der Waals surface area contributed by atoms with E-state index in [1.54, 1.807) is 24.6 Å². The fraction of sp³-hybridized carbons (Fsp3) is 0.474. The summed E-state index contributed by atoms with van der Waals surface area (Å²) in [5.74, 6) is 1.22. The molecule has 1 atom stereocenters. The second kappa shape index (κ2) is 5.96. The minimum atomic E-state index is -0.324. The zero-order valence-electron chi connectivity index (χ0n) is 14.7. The fourth-order valence-electron chi connectivity index (χ4n) is 4.47. The van der Waals surface area contributed by atoms with Crippen LogP contribution in [0.25, 0.3) is 10.4 Å². The van der Waals surface area contributed by atoms with E-state index in [0.717, 1.165) is 53.7 Å². The number of anilines is 1. The van der Waals surface area contributed by atoms with Crippen molar-refractivity contribution in [3.8, 4) is 16.2 Å². The average Bonchev–Trinajstić information content (AvgIpc) is 3.28. The number of piperidine rings is 3. The Labute approximate surface area is 156 Å². The second-order valence-corrected chi connectivity index (χ2v) is 8.38. The molecule has 4 fully saturated rings. The molecular weight excluding hydrogens is 350 g/mol. The molecule has 2 aromatic heterocycles. The molecule has 7 heteroatoms. The first-order valence-electron chi connectivity index (χ1n) is 8.99. The van der Waals surface area contributed by atoms with Gasteiger partial charge in [-0.25, -0.2) is 4.79 Å². The van der Waals surface area contributed by atoms with Crippen molar-refractivity contribution < 1.29 is 14.3 Å². The van der Waals surface area contributed by atoms with Crippen molar-refractivity contribution in [1.29, 1.82) is 0 Å². The number of hydrogen-bond acceptors (Lipinski definition) is 6. The fourth-order valence-corrected chi connectivity index (χ4v) is 5.45. The lowest BCUT2D eigenvalue weighted by molar-refractivity contribution is -0.0881. The van der Waals surface area contributed by atoms with Crippen molar-refractivity contribution in [2.75, 3.05) is 38.2 Å². The normalized spacial score (nSPS) is 30.0. The number of carbonyl (C=O) groups is 1. The molecule has 0 aromatic carbocycles. The summed E-state index contributed by atoms with van der Waals surface area (Å²) >= 11 is 1.59. The summed E-state index contributed by atoms with van der Waals surface area (Å²) in [4.78, 5) is 22.2. The smallest absolute Gasteiger partial charge is 0.415 e. The molecule has 1 spiro atoms. The molecule has 0 saturated carbocycles. The summed E-state index contributed by atoms with van der Waals surface area (Å²) in [5.41, 5.74) is 0.667. The van der Waals surface area contributed by atoms with Gasteiger partial charge in [0.1, 0.15) is 16.4 Å². The van der Waals surface area contributed by atoms with Crippen LogP contribution in [0.15, 0.2) is 30.6 Å². The van der Waals surface area contributed by atoms with Gasteiger partial charge in [-0.1, -0.05) is 0 Å². The van der Waals surface area contributed by atoms with E-state index in [1.807, 2.05) is 29.3 Å². The second-order valence-electron chi connectivity index (χ2n) is 7.32. The highest BCUT2D eigenvalue weighted by molar-refractivity contribution is 7.19. The Bertz CT molecular complexity index is 846. The summed E-state index contributed by atoms with van der Waals surface area (Å²) < 4.78 is 11.2. The molecule has 136 valence electrons. The topological polar surface area (TPSA) is 54.9 Å². The van der Waals surface area contributed by atoms with Crippen molar-refractivity contribution in [1.82, 2.24) is 9.88 Å². The Balaban J connectivity index is 1.41. The zero-order valence-corrected chi connectivity index (χ0v) is 15.5. The average molecular weight is 371 g/mol. The molecule has 26 heavy (non-hydrogen) atoms. The number of rotatable bonds is 3. The molecule has 1 amide bonds. The third kappa shape index (κ3) is 2.49. The Morgan fingerprint density at radius 2 is 2.12 bits per heavy atom. The van der Waals surface area contributed by atoms with Gasteiger partial charge in [-0.15, -0.1) is 11.3 Å². The van der Waals surface area contributed by atoms with Crippen molar-refractivity contribution in [2.45, 2.75) is 18.4 Å². The number of amides is 1. The van der Waals surface area contributed by atoms with Gasteiger partial charge in [0, 0.05) is 29.1 Å². The molecule has 4 aliphatic rings. The Morgan fingerprint density at radius 1 is 1.27 bits per heavy atom. The maximum atomic E-state index is 12.6. The molecule has 2 bridgehead atoms. The van der Waals surface area contributed by atoms with Crippen LogP contribution in [0.5, 0.6) is 5.75 Å². The largest absolute Gasteiger partial charge is 0.495 e. The Kier molecular flexibility index (Phi) is 3.68. The predicted octanol–water partition coefficient (Wildman–Crippen LogP) is 3.24. The van der Waals surface area contributed by atoms with Crippen molar-refractivity contribution in [3.63, 3.8) is 0 Å². The predicted molar refractivity (Wildman–Crippen MR) is 99.8 cm³/mol. The maximum Gasteiger partial charge on any atom is 0.415 e. The molecule has 6 rings (SSSR count). The number of nitrogens with zero attached hydrogens (tertiary/aromatic N) is 3. The Hall–Kier alpha value is -2.12. The van der Waals surface area contributed by atoms with Crippen LogP contribution in [0.2, 0.25) is 0 Å². The molecule has 4 aliphatic heterocycles. The van der Waals surface area contributed by atoms with E-state index in [0.29, 0.717) is 12.5 Å². The van der Waals surface area contributed by atoms with Crippen molar-refractivity contribution in [2.24, 2.45) is 5.92 Å². The minimum Gasteiger partial charge on any atom is -0.495 e. The molecule has 0 aliphatic carbocycles. The number of pyridine rings is 1. The first-order chi connectivity index (χ1) is 12.7. The SMILES string of the molecule is COc1cncc(-c2ccc(N3C[C@@]4(CN5CCC4CC5)OC3=O)s2)c1. The van der Waals surface area contributed by atoms with E-state index in [-0.39, 0.29) is 11.7 Å². The molecule has 0 radical (unpaired) electrons. The lowest BCUT2D eigenvalue weighted by Gasteiger charge is -2.49. The van der Waals surface area contributed by atoms with E-state index in [9.17, 15) is 4.79 Å². The highest BCUT2D eigenvalue weighted by atomic mass is 32.1.